The molecule has 0 aliphatic heterocycles. The van der Waals surface area contributed by atoms with Crippen molar-refractivity contribution in [2.75, 3.05) is 13.2 Å². The summed E-state index contributed by atoms with van der Waals surface area (Å²) in [6.07, 6.45) is 10.9. The maximum Gasteiger partial charge on any atom is 0.338 e. The van der Waals surface area contributed by atoms with E-state index in [4.69, 9.17) is 19.4 Å². The van der Waals surface area contributed by atoms with Gasteiger partial charge in [-0.2, -0.15) is 0 Å². The van der Waals surface area contributed by atoms with Gasteiger partial charge in [-0.15, -0.1) is 0 Å². The summed E-state index contributed by atoms with van der Waals surface area (Å²) in [4.78, 5) is 40.9. The average molecular weight is 526 g/mol. The molecule has 0 bridgehead atoms. The number of aliphatic hydroxyl groups excluding tert-OH is 1. The Bertz CT molecular complexity index is 1030. The van der Waals surface area contributed by atoms with Crippen molar-refractivity contribution in [1.82, 2.24) is 0 Å². The van der Waals surface area contributed by atoms with Crippen LogP contribution in [0.2, 0.25) is 0 Å². The summed E-state index contributed by atoms with van der Waals surface area (Å²) in [5.41, 5.74) is 0.986. The van der Waals surface area contributed by atoms with Gasteiger partial charge < -0.3 is 19.4 Å². The van der Waals surface area contributed by atoms with Gasteiger partial charge in [-0.3, -0.25) is 4.79 Å². The van der Waals surface area contributed by atoms with Gasteiger partial charge in [0, 0.05) is 12.5 Å². The summed E-state index contributed by atoms with van der Waals surface area (Å²) in [6, 6.07) is 13.0. The Balaban J connectivity index is 1.90. The minimum absolute atomic E-state index is 0.0609. The van der Waals surface area contributed by atoms with E-state index in [0.29, 0.717) is 29.0 Å². The number of unbranched alkanes of at least 4 members (excludes halogenated alkanes) is 8. The lowest BCUT2D eigenvalue weighted by Crippen LogP contribution is -2.16. The van der Waals surface area contributed by atoms with Gasteiger partial charge in [0.05, 0.1) is 12.2 Å². The molecule has 0 spiro atoms. The van der Waals surface area contributed by atoms with E-state index < -0.39 is 11.9 Å². The van der Waals surface area contributed by atoms with Crippen molar-refractivity contribution < 1.29 is 33.8 Å². The van der Waals surface area contributed by atoms with Crippen molar-refractivity contribution >= 4 is 23.4 Å². The van der Waals surface area contributed by atoms with Crippen molar-refractivity contribution in [3.05, 3.63) is 59.7 Å². The average Bonchev–Trinajstić information content (AvgIpc) is 2.92. The second-order valence-electron chi connectivity index (χ2n) is 9.04. The van der Waals surface area contributed by atoms with Gasteiger partial charge >= 0.3 is 11.9 Å². The topological polar surface area (TPSA) is 111 Å². The van der Waals surface area contributed by atoms with Crippen molar-refractivity contribution in [2.24, 2.45) is 5.16 Å². The van der Waals surface area contributed by atoms with Crippen LogP contribution in [0.4, 0.5) is 0 Å². The highest BCUT2D eigenvalue weighted by molar-refractivity contribution is 6.45. The first-order valence-electron chi connectivity index (χ1n) is 13.4. The Labute approximate surface area is 225 Å². The first-order valence-corrected chi connectivity index (χ1v) is 13.4. The second kappa shape index (κ2) is 17.9. The fraction of sp³-hybridized carbons (Fsp3) is 0.467. The minimum atomic E-state index is -0.571. The Hall–Kier alpha value is -3.52. The van der Waals surface area contributed by atoms with Gasteiger partial charge in [0.15, 0.2) is 0 Å². The number of Topliss-reactive ketones (excluding diaryl/α,β-unsaturated/α-hetero) is 1. The van der Waals surface area contributed by atoms with Gasteiger partial charge in [-0.25, -0.2) is 9.59 Å². The number of rotatable bonds is 18. The molecule has 0 fully saturated rings. The third-order valence-corrected chi connectivity index (χ3v) is 5.83. The van der Waals surface area contributed by atoms with E-state index in [1.165, 1.54) is 45.4 Å². The van der Waals surface area contributed by atoms with Crippen LogP contribution in [0.25, 0.3) is 0 Å². The number of ether oxygens (including phenoxy) is 2. The van der Waals surface area contributed by atoms with Crippen LogP contribution in [-0.2, 0) is 14.4 Å². The third-order valence-electron chi connectivity index (χ3n) is 5.83. The highest BCUT2D eigenvalue weighted by Crippen LogP contribution is 2.23. The molecule has 2 aromatic rings. The van der Waals surface area contributed by atoms with Crippen LogP contribution in [0.15, 0.2) is 53.7 Å². The molecule has 0 atom stereocenters. The lowest BCUT2D eigenvalue weighted by Gasteiger charge is -2.09. The van der Waals surface area contributed by atoms with Crippen LogP contribution in [0, 0.1) is 0 Å². The number of esters is 1. The van der Waals surface area contributed by atoms with Crippen LogP contribution < -0.4 is 4.74 Å². The number of hydrogen-bond donors (Lipinski definition) is 1. The largest absolute Gasteiger partial charge is 0.460 e. The molecule has 38 heavy (non-hydrogen) atoms. The highest BCUT2D eigenvalue weighted by atomic mass is 16.7. The van der Waals surface area contributed by atoms with Crippen molar-refractivity contribution in [1.29, 1.82) is 0 Å². The smallest absolute Gasteiger partial charge is 0.338 e. The molecule has 0 aromatic heterocycles. The number of carbonyl (C=O) groups excluding carboxylic acids is 3. The maximum atomic E-state index is 13.0. The Kier molecular flexibility index (Phi) is 14.4. The lowest BCUT2D eigenvalue weighted by molar-refractivity contribution is -0.140. The molecule has 0 amide bonds. The molecule has 0 unspecified atom stereocenters. The van der Waals surface area contributed by atoms with Crippen molar-refractivity contribution in [3.8, 4) is 11.5 Å². The highest BCUT2D eigenvalue weighted by Gasteiger charge is 2.16. The number of nitrogens with zero attached hydrogens (tertiary/aromatic N) is 1. The molecule has 0 saturated carbocycles. The Morgan fingerprint density at radius 3 is 1.82 bits per heavy atom. The number of aliphatic hydroxyl groups is 1. The molecular weight excluding hydrogens is 486 g/mol. The van der Waals surface area contributed by atoms with Crippen LogP contribution in [0.5, 0.6) is 11.5 Å². The normalized spacial score (nSPS) is 11.2. The van der Waals surface area contributed by atoms with E-state index in [9.17, 15) is 14.4 Å². The summed E-state index contributed by atoms with van der Waals surface area (Å²) in [7, 11) is 0. The van der Waals surface area contributed by atoms with E-state index >= 15 is 0 Å². The number of benzene rings is 2. The number of carbonyl (C=O) groups is 3. The van der Waals surface area contributed by atoms with Gasteiger partial charge in [-0.05, 0) is 61.4 Å². The van der Waals surface area contributed by atoms with E-state index in [2.05, 4.69) is 12.1 Å². The standard InChI is InChI=1S/C30H39NO7/c1-3-4-5-6-7-8-9-10-11-12-28(31-38-23(2)33)29(34)24-13-17-26(18-14-24)37-27-19-15-25(16-20-27)30(35)36-22-21-32/h13-20,32H,3-12,21-22H2,1-2H3/b31-28+. The van der Waals surface area contributed by atoms with E-state index in [1.54, 1.807) is 48.5 Å². The molecule has 2 rings (SSSR count). The minimum Gasteiger partial charge on any atom is -0.460 e. The number of hydrogen-bond acceptors (Lipinski definition) is 8. The monoisotopic (exact) mass is 525 g/mol. The Morgan fingerprint density at radius 2 is 1.29 bits per heavy atom. The predicted molar refractivity (Wildman–Crippen MR) is 146 cm³/mol. The molecule has 2 aromatic carbocycles. The lowest BCUT2D eigenvalue weighted by atomic mass is 10.0. The molecule has 8 heteroatoms. The second-order valence-corrected chi connectivity index (χ2v) is 9.04. The van der Waals surface area contributed by atoms with E-state index in [1.807, 2.05) is 0 Å². The summed E-state index contributed by atoms with van der Waals surface area (Å²) in [5.74, 6) is -0.371. The quantitative estimate of drug-likeness (QED) is 0.0579. The zero-order valence-corrected chi connectivity index (χ0v) is 22.4. The van der Waals surface area contributed by atoms with Crippen molar-refractivity contribution in [3.63, 3.8) is 0 Å². The molecule has 0 saturated heterocycles. The fourth-order valence-electron chi connectivity index (χ4n) is 3.78. The molecule has 1 N–H and O–H groups in total. The number of oxime groups is 1. The first kappa shape index (κ1) is 30.7. The predicted octanol–water partition coefficient (Wildman–Crippen LogP) is 6.65. The molecule has 0 aliphatic rings. The van der Waals surface area contributed by atoms with Gasteiger partial charge in [-0.1, -0.05) is 63.4 Å². The number of ketones is 1. The maximum absolute atomic E-state index is 13.0. The van der Waals surface area contributed by atoms with Crippen LogP contribution in [0.1, 0.15) is 98.8 Å². The summed E-state index contributed by atoms with van der Waals surface area (Å²) in [6.45, 7) is 3.17. The summed E-state index contributed by atoms with van der Waals surface area (Å²) < 4.78 is 10.7. The molecule has 0 aliphatic carbocycles. The Morgan fingerprint density at radius 1 is 0.763 bits per heavy atom. The van der Waals surface area contributed by atoms with Gasteiger partial charge in [0.1, 0.15) is 23.8 Å². The molecule has 0 heterocycles. The summed E-state index contributed by atoms with van der Waals surface area (Å²) in [5, 5.41) is 12.6. The summed E-state index contributed by atoms with van der Waals surface area (Å²) >= 11 is 0. The molecule has 0 radical (unpaired) electrons. The first-order chi connectivity index (χ1) is 18.4. The molecule has 8 nitrogen and oxygen atoms in total. The van der Waals surface area contributed by atoms with Crippen LogP contribution >= 0.6 is 0 Å². The van der Waals surface area contributed by atoms with E-state index in [-0.39, 0.29) is 24.7 Å². The third kappa shape index (κ3) is 11.7. The molecular formula is C30H39NO7. The van der Waals surface area contributed by atoms with Gasteiger partial charge in [0.25, 0.3) is 0 Å². The van der Waals surface area contributed by atoms with E-state index in [0.717, 1.165) is 19.3 Å². The zero-order valence-electron chi connectivity index (χ0n) is 22.4. The van der Waals surface area contributed by atoms with Crippen molar-refractivity contribution in [2.45, 2.75) is 78.1 Å². The van der Waals surface area contributed by atoms with Crippen LogP contribution in [0.3, 0.4) is 0 Å². The fourth-order valence-corrected chi connectivity index (χ4v) is 3.78. The van der Waals surface area contributed by atoms with Gasteiger partial charge in [0.2, 0.25) is 5.78 Å². The molecule has 206 valence electrons. The van der Waals surface area contributed by atoms with Crippen LogP contribution in [-0.4, -0.2) is 41.8 Å². The SMILES string of the molecule is CCCCCCCCCCC/C(=N\OC(C)=O)C(=O)c1ccc(Oc2ccc(C(=O)OCCO)cc2)cc1. The zero-order chi connectivity index (χ0) is 27.6.